The first-order valence-electron chi connectivity index (χ1n) is 5.93. The van der Waals surface area contributed by atoms with Gasteiger partial charge in [-0.25, -0.2) is 13.2 Å². The summed E-state index contributed by atoms with van der Waals surface area (Å²) in [6.07, 6.45) is 0.896. The minimum atomic E-state index is -1.01. The van der Waals surface area contributed by atoms with Gasteiger partial charge in [0.15, 0.2) is 5.82 Å². The van der Waals surface area contributed by atoms with Crippen LogP contribution < -0.4 is 5.43 Å². The smallest absolute Gasteiger partial charge is 0.224 e. The first kappa shape index (κ1) is 13.9. The van der Waals surface area contributed by atoms with E-state index in [1.54, 1.807) is 12.1 Å². The van der Waals surface area contributed by atoms with E-state index in [0.717, 1.165) is 12.3 Å². The Kier molecular flexibility index (Phi) is 3.33. The van der Waals surface area contributed by atoms with E-state index < -0.39 is 22.9 Å². The van der Waals surface area contributed by atoms with Gasteiger partial charge in [-0.1, -0.05) is 15.9 Å². The summed E-state index contributed by atoms with van der Waals surface area (Å²) < 4.78 is 42.5. The van der Waals surface area contributed by atoms with Crippen molar-refractivity contribution in [3.63, 3.8) is 0 Å². The summed E-state index contributed by atoms with van der Waals surface area (Å²) in [6, 6.07) is 7.57. The zero-order valence-corrected chi connectivity index (χ0v) is 12.0. The number of pyridine rings is 1. The van der Waals surface area contributed by atoms with E-state index in [9.17, 15) is 18.0 Å². The molecule has 1 aromatic heterocycles. The number of hydrogen-bond donors (Lipinski definition) is 0. The van der Waals surface area contributed by atoms with Crippen LogP contribution >= 0.6 is 15.9 Å². The molecule has 0 aliphatic heterocycles. The molecule has 3 aromatic rings. The Morgan fingerprint density at radius 3 is 2.43 bits per heavy atom. The van der Waals surface area contributed by atoms with Gasteiger partial charge in [-0.15, -0.1) is 0 Å². The molecule has 0 unspecified atom stereocenters. The second kappa shape index (κ2) is 5.04. The number of fused-ring (bicyclic) bond motifs is 1. The minimum absolute atomic E-state index is 0.0431. The fourth-order valence-electron chi connectivity index (χ4n) is 2.14. The van der Waals surface area contributed by atoms with E-state index >= 15 is 0 Å². The molecule has 0 spiro atoms. The zero-order valence-electron chi connectivity index (χ0n) is 10.4. The van der Waals surface area contributed by atoms with Crippen molar-refractivity contribution in [2.75, 3.05) is 0 Å². The van der Waals surface area contributed by atoms with Crippen molar-refractivity contribution in [2.45, 2.75) is 0 Å². The molecule has 1 heterocycles. The van der Waals surface area contributed by atoms with Gasteiger partial charge in [0.25, 0.3) is 0 Å². The zero-order chi connectivity index (χ0) is 15.1. The Balaban J connectivity index is 2.44. The molecule has 0 saturated heterocycles. The number of rotatable bonds is 1. The summed E-state index contributed by atoms with van der Waals surface area (Å²) in [5, 5.41) is 0.113. The van der Waals surface area contributed by atoms with Crippen LogP contribution in [0.4, 0.5) is 13.2 Å². The van der Waals surface area contributed by atoms with Gasteiger partial charge in [-0.05, 0) is 30.3 Å². The molecule has 0 aliphatic carbocycles. The Hall–Kier alpha value is -2.08. The molecule has 2 nitrogen and oxygen atoms in total. The van der Waals surface area contributed by atoms with Crippen molar-refractivity contribution >= 4 is 26.8 Å². The predicted octanol–water partition coefficient (Wildman–Crippen LogP) is 4.17. The van der Waals surface area contributed by atoms with Crippen molar-refractivity contribution in [2.24, 2.45) is 0 Å². The van der Waals surface area contributed by atoms with Crippen LogP contribution in [0.5, 0.6) is 0 Å². The van der Waals surface area contributed by atoms with E-state index in [4.69, 9.17) is 0 Å². The van der Waals surface area contributed by atoms with Gasteiger partial charge in [0.2, 0.25) is 5.43 Å². The summed E-state index contributed by atoms with van der Waals surface area (Å²) in [6.45, 7) is 0. The maximum absolute atomic E-state index is 13.9. The van der Waals surface area contributed by atoms with E-state index in [1.165, 1.54) is 16.7 Å². The van der Waals surface area contributed by atoms with Gasteiger partial charge in [-0.3, -0.25) is 4.79 Å². The summed E-state index contributed by atoms with van der Waals surface area (Å²) in [5.41, 5.74) is -0.490. The topological polar surface area (TPSA) is 22.0 Å². The minimum Gasteiger partial charge on any atom is -0.311 e. The lowest BCUT2D eigenvalue weighted by atomic mass is 10.2. The van der Waals surface area contributed by atoms with Gasteiger partial charge >= 0.3 is 0 Å². The second-order valence-electron chi connectivity index (χ2n) is 4.43. The van der Waals surface area contributed by atoms with Gasteiger partial charge in [-0.2, -0.15) is 0 Å². The number of aromatic nitrogens is 1. The third kappa shape index (κ3) is 2.35. The van der Waals surface area contributed by atoms with Gasteiger partial charge in [0.05, 0.1) is 11.2 Å². The van der Waals surface area contributed by atoms with Crippen LogP contribution in [0.1, 0.15) is 0 Å². The van der Waals surface area contributed by atoms with Crippen LogP contribution in [-0.4, -0.2) is 4.57 Å². The van der Waals surface area contributed by atoms with Crippen molar-refractivity contribution in [1.29, 1.82) is 0 Å². The third-order valence-corrected chi connectivity index (χ3v) is 3.59. The number of nitrogens with zero attached hydrogens (tertiary/aromatic N) is 1. The van der Waals surface area contributed by atoms with E-state index in [2.05, 4.69) is 15.9 Å². The van der Waals surface area contributed by atoms with Crippen molar-refractivity contribution < 1.29 is 13.2 Å². The highest BCUT2D eigenvalue weighted by molar-refractivity contribution is 9.10. The standard InChI is InChI=1S/C15H7BrF3NO/c16-8-1-3-10-14(5-8)20(7-12(19)15(10)21)13-4-2-9(17)6-11(13)18/h1-7H. The third-order valence-electron chi connectivity index (χ3n) is 3.09. The summed E-state index contributed by atoms with van der Waals surface area (Å²) in [5.74, 6) is -2.59. The number of halogens is 4. The van der Waals surface area contributed by atoms with Gasteiger partial charge in [0, 0.05) is 22.1 Å². The molecule has 0 amide bonds. The van der Waals surface area contributed by atoms with Crippen LogP contribution in [-0.2, 0) is 0 Å². The molecule has 0 bridgehead atoms. The lowest BCUT2D eigenvalue weighted by Crippen LogP contribution is -2.13. The van der Waals surface area contributed by atoms with Gasteiger partial charge in [0.1, 0.15) is 11.6 Å². The Labute approximate surface area is 125 Å². The quantitative estimate of drug-likeness (QED) is 0.643. The average Bonchev–Trinajstić information content (AvgIpc) is 2.43. The first-order chi connectivity index (χ1) is 9.97. The molecular weight excluding hydrogens is 347 g/mol. The number of hydrogen-bond acceptors (Lipinski definition) is 1. The van der Waals surface area contributed by atoms with Crippen LogP contribution in [0.15, 0.2) is 51.9 Å². The molecule has 0 saturated carbocycles. The molecule has 2 aromatic carbocycles. The molecule has 106 valence electrons. The molecule has 0 N–H and O–H groups in total. The lowest BCUT2D eigenvalue weighted by Gasteiger charge is -2.12. The molecule has 0 fully saturated rings. The fraction of sp³-hybridized carbons (Fsp3) is 0. The van der Waals surface area contributed by atoms with Crippen LogP contribution in [0.2, 0.25) is 0 Å². The summed E-state index contributed by atoms with van der Waals surface area (Å²) in [7, 11) is 0. The van der Waals surface area contributed by atoms with Crippen LogP contribution in [0.3, 0.4) is 0 Å². The largest absolute Gasteiger partial charge is 0.311 e. The SMILES string of the molecule is O=c1c(F)cn(-c2ccc(F)cc2F)c2cc(Br)ccc12. The van der Waals surface area contributed by atoms with E-state index in [-0.39, 0.29) is 11.1 Å². The van der Waals surface area contributed by atoms with E-state index in [0.29, 0.717) is 16.1 Å². The highest BCUT2D eigenvalue weighted by Crippen LogP contribution is 2.23. The second-order valence-corrected chi connectivity index (χ2v) is 5.35. The lowest BCUT2D eigenvalue weighted by molar-refractivity contribution is 0.575. The first-order valence-corrected chi connectivity index (χ1v) is 6.72. The van der Waals surface area contributed by atoms with Crippen molar-refractivity contribution in [3.8, 4) is 5.69 Å². The van der Waals surface area contributed by atoms with Crippen LogP contribution in [0.25, 0.3) is 16.6 Å². The molecule has 0 atom stereocenters. The molecule has 6 heteroatoms. The van der Waals surface area contributed by atoms with Crippen molar-refractivity contribution in [1.82, 2.24) is 4.57 Å². The maximum Gasteiger partial charge on any atom is 0.224 e. The normalized spacial score (nSPS) is 11.0. The molecule has 0 radical (unpaired) electrons. The number of benzene rings is 2. The van der Waals surface area contributed by atoms with Crippen molar-refractivity contribution in [3.05, 3.63) is 74.7 Å². The van der Waals surface area contributed by atoms with Crippen LogP contribution in [0, 0.1) is 17.5 Å². The molecule has 21 heavy (non-hydrogen) atoms. The highest BCUT2D eigenvalue weighted by atomic mass is 79.9. The average molecular weight is 354 g/mol. The van der Waals surface area contributed by atoms with E-state index in [1.807, 2.05) is 0 Å². The Bertz CT molecular complexity index is 921. The monoisotopic (exact) mass is 353 g/mol. The Morgan fingerprint density at radius 2 is 1.71 bits per heavy atom. The maximum atomic E-state index is 13.9. The van der Waals surface area contributed by atoms with Gasteiger partial charge < -0.3 is 4.57 Å². The fourth-order valence-corrected chi connectivity index (χ4v) is 2.49. The highest BCUT2D eigenvalue weighted by Gasteiger charge is 2.13. The molecule has 0 aliphatic rings. The summed E-state index contributed by atoms with van der Waals surface area (Å²) in [4.78, 5) is 11.8. The predicted molar refractivity (Wildman–Crippen MR) is 77.1 cm³/mol. The molecule has 3 rings (SSSR count). The summed E-state index contributed by atoms with van der Waals surface area (Å²) >= 11 is 3.25. The molecular formula is C15H7BrF3NO. The Morgan fingerprint density at radius 1 is 0.952 bits per heavy atom.